The number of nitrogens with zero attached hydrogens (tertiary/aromatic N) is 4. The number of benzene rings is 1. The third kappa shape index (κ3) is 3.53. The number of fused-ring (bicyclic) bond motifs is 1. The number of aromatic nitrogens is 2. The first-order valence-electron chi connectivity index (χ1n) is 8.96. The molecule has 0 aliphatic carbocycles. The van der Waals surface area contributed by atoms with E-state index in [1.165, 1.54) is 5.56 Å². The summed E-state index contributed by atoms with van der Waals surface area (Å²) >= 11 is 0. The van der Waals surface area contributed by atoms with E-state index in [1.54, 1.807) is 6.20 Å². The van der Waals surface area contributed by atoms with Gasteiger partial charge in [-0.2, -0.15) is 0 Å². The van der Waals surface area contributed by atoms with Crippen LogP contribution < -0.4 is 0 Å². The summed E-state index contributed by atoms with van der Waals surface area (Å²) in [5, 5.41) is 0. The normalized spacial score (nSPS) is 15.8. The highest BCUT2D eigenvalue weighted by Crippen LogP contribution is 2.14. The molecule has 1 aliphatic heterocycles. The Morgan fingerprint density at radius 1 is 1.00 bits per heavy atom. The van der Waals surface area contributed by atoms with Gasteiger partial charge in [-0.05, 0) is 17.7 Å². The molecule has 0 saturated carbocycles. The lowest BCUT2D eigenvalue weighted by Gasteiger charge is -2.34. The van der Waals surface area contributed by atoms with Gasteiger partial charge in [0.15, 0.2) is 0 Å². The van der Waals surface area contributed by atoms with Crippen LogP contribution in [0, 0.1) is 0 Å². The van der Waals surface area contributed by atoms with Crippen molar-refractivity contribution in [3.63, 3.8) is 0 Å². The minimum atomic E-state index is 0.0706. The molecule has 3 aromatic rings. The zero-order valence-corrected chi connectivity index (χ0v) is 14.7. The van der Waals surface area contributed by atoms with Crippen LogP contribution in [0.2, 0.25) is 0 Å². The molecule has 0 radical (unpaired) electrons. The second kappa shape index (κ2) is 7.54. The zero-order valence-electron chi connectivity index (χ0n) is 14.7. The maximum Gasteiger partial charge on any atom is 0.257 e. The highest BCUT2D eigenvalue weighted by atomic mass is 16.2. The predicted octanol–water partition coefficient (Wildman–Crippen LogP) is 2.81. The average molecular weight is 346 g/mol. The number of amides is 1. The number of piperazine rings is 1. The van der Waals surface area contributed by atoms with Crippen molar-refractivity contribution in [3.8, 4) is 0 Å². The molecule has 1 aromatic carbocycles. The molecule has 1 amide bonds. The van der Waals surface area contributed by atoms with Crippen molar-refractivity contribution >= 4 is 17.6 Å². The Hall–Kier alpha value is -2.92. The lowest BCUT2D eigenvalue weighted by Crippen LogP contribution is -2.48. The van der Waals surface area contributed by atoms with Crippen molar-refractivity contribution in [2.45, 2.75) is 0 Å². The molecule has 5 nitrogen and oxygen atoms in total. The van der Waals surface area contributed by atoms with Crippen LogP contribution in [-0.2, 0) is 0 Å². The van der Waals surface area contributed by atoms with E-state index in [2.05, 4.69) is 34.2 Å². The summed E-state index contributed by atoms with van der Waals surface area (Å²) in [6.45, 7) is 4.19. The first-order valence-corrected chi connectivity index (χ1v) is 8.96. The first kappa shape index (κ1) is 16.5. The van der Waals surface area contributed by atoms with Crippen molar-refractivity contribution in [2.75, 3.05) is 32.7 Å². The molecule has 1 fully saturated rings. The average Bonchev–Trinajstić information content (AvgIpc) is 3.18. The van der Waals surface area contributed by atoms with Crippen LogP contribution in [0.5, 0.6) is 0 Å². The number of carbonyl (C=O) groups is 1. The summed E-state index contributed by atoms with van der Waals surface area (Å²) in [6, 6.07) is 14.1. The quantitative estimate of drug-likeness (QED) is 0.729. The van der Waals surface area contributed by atoms with Gasteiger partial charge in [-0.25, -0.2) is 4.98 Å². The number of hydrogen-bond donors (Lipinski definition) is 0. The highest BCUT2D eigenvalue weighted by molar-refractivity contribution is 5.99. The van der Waals surface area contributed by atoms with E-state index in [0.29, 0.717) is 5.56 Å². The fraction of sp³-hybridized carbons (Fsp3) is 0.238. The smallest absolute Gasteiger partial charge is 0.257 e. The molecule has 5 heteroatoms. The van der Waals surface area contributed by atoms with Crippen molar-refractivity contribution in [1.82, 2.24) is 19.2 Å². The topological polar surface area (TPSA) is 40.9 Å². The number of carbonyl (C=O) groups excluding carboxylic acids is 1. The van der Waals surface area contributed by atoms with Crippen molar-refractivity contribution < 1.29 is 4.79 Å². The molecule has 4 rings (SSSR count). The fourth-order valence-electron chi connectivity index (χ4n) is 3.32. The largest absolute Gasteiger partial charge is 0.336 e. The summed E-state index contributed by atoms with van der Waals surface area (Å²) in [7, 11) is 0. The monoisotopic (exact) mass is 346 g/mol. The van der Waals surface area contributed by atoms with Crippen LogP contribution in [0.3, 0.4) is 0 Å². The van der Waals surface area contributed by atoms with Crippen LogP contribution in [0.4, 0.5) is 0 Å². The van der Waals surface area contributed by atoms with Gasteiger partial charge < -0.3 is 9.30 Å². The highest BCUT2D eigenvalue weighted by Gasteiger charge is 2.23. The fourth-order valence-corrected chi connectivity index (χ4v) is 3.32. The molecule has 132 valence electrons. The van der Waals surface area contributed by atoms with E-state index in [4.69, 9.17) is 0 Å². The number of hydrogen-bond acceptors (Lipinski definition) is 3. The standard InChI is InChI=1S/C21H22N4O/c26-21(19-9-5-12-24-13-10-22-20(19)24)25-16-14-23(15-17-25)11-4-8-18-6-2-1-3-7-18/h1-10,12-13H,11,14-17H2/b8-4+. The van der Waals surface area contributed by atoms with Crippen LogP contribution in [0.15, 0.2) is 67.1 Å². The van der Waals surface area contributed by atoms with Crippen molar-refractivity contribution in [2.24, 2.45) is 0 Å². The zero-order chi connectivity index (χ0) is 17.8. The lowest BCUT2D eigenvalue weighted by molar-refractivity contribution is 0.0651. The van der Waals surface area contributed by atoms with E-state index < -0.39 is 0 Å². The Bertz CT molecular complexity index is 908. The third-order valence-electron chi connectivity index (χ3n) is 4.78. The number of imidazole rings is 1. The lowest BCUT2D eigenvalue weighted by atomic mass is 10.2. The van der Waals surface area contributed by atoms with Gasteiger partial charge in [0.05, 0.1) is 5.56 Å². The van der Waals surface area contributed by atoms with Crippen molar-refractivity contribution in [3.05, 3.63) is 78.3 Å². The molecule has 0 unspecified atom stereocenters. The Labute approximate surface area is 153 Å². The number of rotatable bonds is 4. The Balaban J connectivity index is 1.34. The second-order valence-electron chi connectivity index (χ2n) is 6.49. The van der Waals surface area contributed by atoms with Gasteiger partial charge in [0.25, 0.3) is 5.91 Å². The molecule has 0 atom stereocenters. The van der Waals surface area contributed by atoms with E-state index in [0.717, 1.165) is 38.4 Å². The van der Waals surface area contributed by atoms with Gasteiger partial charge in [0, 0.05) is 51.3 Å². The minimum Gasteiger partial charge on any atom is -0.336 e. The van der Waals surface area contributed by atoms with Gasteiger partial charge in [-0.1, -0.05) is 42.5 Å². The van der Waals surface area contributed by atoms with Crippen molar-refractivity contribution in [1.29, 1.82) is 0 Å². The summed E-state index contributed by atoms with van der Waals surface area (Å²) in [5.74, 6) is 0.0706. The summed E-state index contributed by atoms with van der Waals surface area (Å²) in [6.07, 6.45) is 9.84. The molecule has 2 aromatic heterocycles. The molecular weight excluding hydrogens is 324 g/mol. The second-order valence-corrected chi connectivity index (χ2v) is 6.49. The SMILES string of the molecule is O=C(c1cccn2ccnc12)N1CCN(C/C=C/c2ccccc2)CC1. The van der Waals surface area contributed by atoms with Gasteiger partial charge >= 0.3 is 0 Å². The summed E-state index contributed by atoms with van der Waals surface area (Å²) in [5.41, 5.74) is 2.62. The molecule has 0 bridgehead atoms. The maximum absolute atomic E-state index is 12.9. The van der Waals surface area contributed by atoms with Gasteiger partial charge in [0.2, 0.25) is 0 Å². The van der Waals surface area contributed by atoms with E-state index >= 15 is 0 Å². The predicted molar refractivity (Wildman–Crippen MR) is 103 cm³/mol. The summed E-state index contributed by atoms with van der Waals surface area (Å²) < 4.78 is 1.89. The van der Waals surface area contributed by atoms with Crippen LogP contribution >= 0.6 is 0 Å². The van der Waals surface area contributed by atoms with E-state index in [1.807, 2.05) is 52.0 Å². The van der Waals surface area contributed by atoms with E-state index in [9.17, 15) is 4.79 Å². The molecule has 26 heavy (non-hydrogen) atoms. The molecule has 0 N–H and O–H groups in total. The Kier molecular flexibility index (Phi) is 4.80. The Morgan fingerprint density at radius 3 is 2.62 bits per heavy atom. The first-order chi connectivity index (χ1) is 12.8. The Morgan fingerprint density at radius 2 is 1.81 bits per heavy atom. The summed E-state index contributed by atoms with van der Waals surface area (Å²) in [4.78, 5) is 21.5. The van der Waals surface area contributed by atoms with Crippen LogP contribution in [0.25, 0.3) is 11.7 Å². The van der Waals surface area contributed by atoms with Crippen LogP contribution in [-0.4, -0.2) is 57.8 Å². The molecular formula is C21H22N4O. The molecule has 3 heterocycles. The van der Waals surface area contributed by atoms with Crippen LogP contribution in [0.1, 0.15) is 15.9 Å². The molecule has 1 aliphatic rings. The molecule has 0 spiro atoms. The maximum atomic E-state index is 12.9. The van der Waals surface area contributed by atoms with Gasteiger partial charge in [0.1, 0.15) is 5.65 Å². The number of pyridine rings is 1. The van der Waals surface area contributed by atoms with Gasteiger partial charge in [-0.3, -0.25) is 9.69 Å². The molecule has 1 saturated heterocycles. The minimum absolute atomic E-state index is 0.0706. The van der Waals surface area contributed by atoms with Gasteiger partial charge in [-0.15, -0.1) is 0 Å². The van der Waals surface area contributed by atoms with E-state index in [-0.39, 0.29) is 5.91 Å². The third-order valence-corrected chi connectivity index (χ3v) is 4.78.